The van der Waals surface area contributed by atoms with Crippen LogP contribution in [0.2, 0.25) is 0 Å². The largest absolute Gasteiger partial charge is 0.478 e. The summed E-state index contributed by atoms with van der Waals surface area (Å²) in [7, 11) is 0. The number of hydrogen-bond donors (Lipinski definition) is 1. The molecule has 2 aromatic carbocycles. The van der Waals surface area contributed by atoms with Gasteiger partial charge in [-0.3, -0.25) is 0 Å². The van der Waals surface area contributed by atoms with Crippen LogP contribution in [0.4, 0.5) is 0 Å². The quantitative estimate of drug-likeness (QED) is 0.567. The minimum atomic E-state index is -0.945. The summed E-state index contributed by atoms with van der Waals surface area (Å²) >= 11 is 0. The fraction of sp³-hybridized carbons (Fsp3) is 0.154. The standard InChI is InChI=1S/C26H24N2O2/c1-19-6-2-3-7-22(16-19)18-28-24-9-5-4-8-23(24)27-25(28)17-21-12-10-20(11-13-21)14-15-26(29)30/h2-16,19H,17-18H2,1H3,(H,29,30)/b15-14+/t19-/m0/s1. The van der Waals surface area contributed by atoms with Crippen molar-refractivity contribution in [2.45, 2.75) is 19.9 Å². The van der Waals surface area contributed by atoms with E-state index in [1.807, 2.05) is 30.3 Å². The molecule has 0 saturated carbocycles. The molecular formula is C26H24N2O2. The summed E-state index contributed by atoms with van der Waals surface area (Å²) in [6.07, 6.45) is 14.3. The Labute approximate surface area is 176 Å². The molecule has 0 spiro atoms. The van der Waals surface area contributed by atoms with Crippen LogP contribution in [0.1, 0.15) is 23.9 Å². The van der Waals surface area contributed by atoms with E-state index in [-0.39, 0.29) is 0 Å². The molecule has 4 rings (SSSR count). The Morgan fingerprint density at radius 1 is 1.13 bits per heavy atom. The zero-order chi connectivity index (χ0) is 20.9. The van der Waals surface area contributed by atoms with Gasteiger partial charge in [0, 0.05) is 19.0 Å². The first-order valence-corrected chi connectivity index (χ1v) is 10.1. The third kappa shape index (κ3) is 4.66. The molecular weight excluding hydrogens is 372 g/mol. The van der Waals surface area contributed by atoms with Crippen LogP contribution in [0.25, 0.3) is 17.1 Å². The maximum atomic E-state index is 10.7. The van der Waals surface area contributed by atoms with E-state index in [1.54, 1.807) is 6.08 Å². The van der Waals surface area contributed by atoms with Gasteiger partial charge < -0.3 is 9.67 Å². The van der Waals surface area contributed by atoms with E-state index in [0.29, 0.717) is 12.3 Å². The van der Waals surface area contributed by atoms with E-state index >= 15 is 0 Å². The van der Waals surface area contributed by atoms with Crippen LogP contribution in [0.15, 0.2) is 90.6 Å². The van der Waals surface area contributed by atoms with Crippen molar-refractivity contribution >= 4 is 23.1 Å². The summed E-state index contributed by atoms with van der Waals surface area (Å²) in [5.74, 6) is 0.475. The molecule has 0 fully saturated rings. The van der Waals surface area contributed by atoms with E-state index in [9.17, 15) is 4.79 Å². The topological polar surface area (TPSA) is 55.1 Å². The molecule has 30 heavy (non-hydrogen) atoms. The molecule has 1 atom stereocenters. The van der Waals surface area contributed by atoms with E-state index < -0.39 is 5.97 Å². The first-order valence-electron chi connectivity index (χ1n) is 10.1. The molecule has 0 radical (unpaired) electrons. The first-order chi connectivity index (χ1) is 14.6. The molecule has 0 saturated heterocycles. The number of nitrogens with zero attached hydrogens (tertiary/aromatic N) is 2. The highest BCUT2D eigenvalue weighted by Gasteiger charge is 2.12. The van der Waals surface area contributed by atoms with Gasteiger partial charge in [0.2, 0.25) is 0 Å². The molecule has 0 bridgehead atoms. The first kappa shape index (κ1) is 19.6. The van der Waals surface area contributed by atoms with Gasteiger partial charge in [-0.25, -0.2) is 9.78 Å². The molecule has 1 aromatic heterocycles. The molecule has 3 aromatic rings. The summed E-state index contributed by atoms with van der Waals surface area (Å²) in [6.45, 7) is 2.97. The summed E-state index contributed by atoms with van der Waals surface area (Å²) in [6, 6.07) is 16.2. The SMILES string of the molecule is C[C@H]1C=CC=CC(Cn2c(Cc3ccc(/C=C/C(=O)O)cc3)nc3ccccc32)=C1. The maximum Gasteiger partial charge on any atom is 0.328 e. The van der Waals surface area contributed by atoms with Crippen molar-refractivity contribution in [3.63, 3.8) is 0 Å². The number of rotatable bonds is 6. The second-order valence-corrected chi connectivity index (χ2v) is 7.54. The Morgan fingerprint density at radius 2 is 1.93 bits per heavy atom. The van der Waals surface area contributed by atoms with Crippen LogP contribution in [-0.2, 0) is 17.8 Å². The molecule has 0 amide bonds. The highest BCUT2D eigenvalue weighted by atomic mass is 16.4. The van der Waals surface area contributed by atoms with Crippen LogP contribution >= 0.6 is 0 Å². The number of fused-ring (bicyclic) bond motifs is 1. The van der Waals surface area contributed by atoms with E-state index in [0.717, 1.165) is 40.6 Å². The van der Waals surface area contributed by atoms with E-state index in [1.165, 1.54) is 5.57 Å². The van der Waals surface area contributed by atoms with Gasteiger partial charge in [0.1, 0.15) is 5.82 Å². The second kappa shape index (κ2) is 8.78. The highest BCUT2D eigenvalue weighted by Crippen LogP contribution is 2.22. The van der Waals surface area contributed by atoms with Gasteiger partial charge in [-0.1, -0.05) is 73.7 Å². The smallest absolute Gasteiger partial charge is 0.328 e. The summed E-state index contributed by atoms with van der Waals surface area (Å²) < 4.78 is 2.29. The number of para-hydroxylation sites is 2. The lowest BCUT2D eigenvalue weighted by Gasteiger charge is -2.11. The molecule has 1 heterocycles. The summed E-state index contributed by atoms with van der Waals surface area (Å²) in [4.78, 5) is 15.6. The lowest BCUT2D eigenvalue weighted by Crippen LogP contribution is -2.07. The Kier molecular flexibility index (Phi) is 5.75. The number of benzene rings is 2. The highest BCUT2D eigenvalue weighted by molar-refractivity contribution is 5.85. The molecule has 150 valence electrons. The minimum absolute atomic E-state index is 0.402. The number of imidazole rings is 1. The lowest BCUT2D eigenvalue weighted by atomic mass is 10.1. The van der Waals surface area contributed by atoms with Gasteiger partial charge in [-0.15, -0.1) is 0 Å². The third-order valence-electron chi connectivity index (χ3n) is 5.15. The van der Waals surface area contributed by atoms with Crippen LogP contribution in [0.5, 0.6) is 0 Å². The molecule has 0 aliphatic heterocycles. The van der Waals surface area contributed by atoms with Crippen LogP contribution in [0.3, 0.4) is 0 Å². The van der Waals surface area contributed by atoms with Crippen molar-refractivity contribution in [2.24, 2.45) is 5.92 Å². The number of aromatic nitrogens is 2. The van der Waals surface area contributed by atoms with Gasteiger partial charge in [0.25, 0.3) is 0 Å². The zero-order valence-electron chi connectivity index (χ0n) is 16.9. The Hall–Kier alpha value is -3.66. The molecule has 1 aliphatic carbocycles. The Morgan fingerprint density at radius 3 is 2.73 bits per heavy atom. The Bertz CT molecular complexity index is 1180. The average molecular weight is 396 g/mol. The monoisotopic (exact) mass is 396 g/mol. The molecule has 1 aliphatic rings. The molecule has 0 unspecified atom stereocenters. The van der Waals surface area contributed by atoms with E-state index in [4.69, 9.17) is 10.1 Å². The summed E-state index contributed by atoms with van der Waals surface area (Å²) in [5, 5.41) is 8.78. The number of allylic oxidation sites excluding steroid dienone is 6. The second-order valence-electron chi connectivity index (χ2n) is 7.54. The van der Waals surface area contributed by atoms with Crippen LogP contribution < -0.4 is 0 Å². The fourth-order valence-electron chi connectivity index (χ4n) is 3.69. The van der Waals surface area contributed by atoms with Crippen molar-refractivity contribution in [3.05, 3.63) is 108 Å². The predicted molar refractivity (Wildman–Crippen MR) is 121 cm³/mol. The predicted octanol–water partition coefficient (Wildman–Crippen LogP) is 5.41. The van der Waals surface area contributed by atoms with Crippen molar-refractivity contribution in [3.8, 4) is 0 Å². The van der Waals surface area contributed by atoms with Crippen molar-refractivity contribution in [1.29, 1.82) is 0 Å². The van der Waals surface area contributed by atoms with Gasteiger partial charge in [0.05, 0.1) is 11.0 Å². The summed E-state index contributed by atoms with van der Waals surface area (Å²) in [5.41, 5.74) is 5.40. The minimum Gasteiger partial charge on any atom is -0.478 e. The van der Waals surface area contributed by atoms with Crippen molar-refractivity contribution in [2.75, 3.05) is 0 Å². The normalized spacial score (nSPS) is 16.2. The van der Waals surface area contributed by atoms with Gasteiger partial charge in [0.15, 0.2) is 0 Å². The number of carboxylic acid groups (broad SMARTS) is 1. The van der Waals surface area contributed by atoms with Crippen LogP contribution in [-0.4, -0.2) is 20.6 Å². The van der Waals surface area contributed by atoms with E-state index in [2.05, 4.69) is 60.1 Å². The fourth-order valence-corrected chi connectivity index (χ4v) is 3.69. The van der Waals surface area contributed by atoms with Gasteiger partial charge in [-0.05, 0) is 40.8 Å². The molecule has 1 N–H and O–H groups in total. The van der Waals surface area contributed by atoms with Gasteiger partial charge in [-0.2, -0.15) is 0 Å². The Balaban J connectivity index is 1.64. The number of aliphatic carboxylic acids is 1. The number of carbonyl (C=O) groups is 1. The zero-order valence-corrected chi connectivity index (χ0v) is 16.9. The van der Waals surface area contributed by atoms with Crippen molar-refractivity contribution in [1.82, 2.24) is 9.55 Å². The average Bonchev–Trinajstić information content (AvgIpc) is 2.92. The maximum absolute atomic E-state index is 10.7. The number of carboxylic acids is 1. The van der Waals surface area contributed by atoms with Crippen LogP contribution in [0, 0.1) is 5.92 Å². The van der Waals surface area contributed by atoms with Crippen molar-refractivity contribution < 1.29 is 9.90 Å². The molecule has 4 heteroatoms. The lowest BCUT2D eigenvalue weighted by molar-refractivity contribution is -0.131. The number of hydrogen-bond acceptors (Lipinski definition) is 2. The third-order valence-corrected chi connectivity index (χ3v) is 5.15. The molecule has 4 nitrogen and oxygen atoms in total. The van der Waals surface area contributed by atoms with Gasteiger partial charge >= 0.3 is 5.97 Å².